The van der Waals surface area contributed by atoms with Gasteiger partial charge in [0.2, 0.25) is 0 Å². The monoisotopic (exact) mass is 433 g/mol. The van der Waals surface area contributed by atoms with Crippen LogP contribution in [0.3, 0.4) is 0 Å². The van der Waals surface area contributed by atoms with Crippen LogP contribution in [0.25, 0.3) is 11.0 Å². The molecule has 0 N–H and O–H groups in total. The Bertz CT molecular complexity index is 1280. The molecule has 0 saturated carbocycles. The van der Waals surface area contributed by atoms with Crippen molar-refractivity contribution in [3.8, 4) is 6.07 Å². The summed E-state index contributed by atoms with van der Waals surface area (Å²) in [5, 5.41) is 9.33. The number of aromatic nitrogens is 2. The van der Waals surface area contributed by atoms with Crippen LogP contribution >= 0.6 is 0 Å². The normalized spacial score (nSPS) is 20.3. The molecule has 4 rings (SSSR count). The molecule has 6 nitrogen and oxygen atoms in total. The largest absolute Gasteiger partial charge is 0.364 e. The third-order valence-electron chi connectivity index (χ3n) is 6.69. The van der Waals surface area contributed by atoms with Crippen LogP contribution < -0.4 is 10.5 Å². The van der Waals surface area contributed by atoms with Crippen molar-refractivity contribution in [2.24, 2.45) is 7.05 Å². The third kappa shape index (κ3) is 3.76. The molecule has 1 saturated heterocycles. The van der Waals surface area contributed by atoms with Crippen molar-refractivity contribution in [1.29, 1.82) is 5.26 Å². The van der Waals surface area contributed by atoms with E-state index in [-0.39, 0.29) is 29.5 Å². The average molecular weight is 434 g/mol. The maximum Gasteiger partial charge on any atom is 0.252 e. The van der Waals surface area contributed by atoms with E-state index >= 15 is 0 Å². The van der Waals surface area contributed by atoms with Gasteiger partial charge in [-0.1, -0.05) is 12.1 Å². The van der Waals surface area contributed by atoms with E-state index in [1.165, 1.54) is 6.07 Å². The lowest BCUT2D eigenvalue weighted by molar-refractivity contribution is 0.119. The molecule has 0 amide bonds. The van der Waals surface area contributed by atoms with Crippen molar-refractivity contribution >= 4 is 16.7 Å². The number of nitriles is 1. The number of rotatable bonds is 3. The van der Waals surface area contributed by atoms with Gasteiger partial charge >= 0.3 is 0 Å². The Morgan fingerprint density at radius 2 is 1.91 bits per heavy atom. The molecule has 0 radical (unpaired) electrons. The van der Waals surface area contributed by atoms with E-state index in [9.17, 15) is 14.4 Å². The van der Waals surface area contributed by atoms with E-state index in [1.807, 2.05) is 12.1 Å². The first-order valence-corrected chi connectivity index (χ1v) is 10.9. The first-order chi connectivity index (χ1) is 15.2. The predicted molar refractivity (Wildman–Crippen MR) is 124 cm³/mol. The Labute approximate surface area is 187 Å². The molecule has 0 spiro atoms. The van der Waals surface area contributed by atoms with Crippen LogP contribution in [0.15, 0.2) is 41.2 Å². The van der Waals surface area contributed by atoms with Crippen LogP contribution in [0.2, 0.25) is 0 Å². The maximum atomic E-state index is 13.8. The van der Waals surface area contributed by atoms with Gasteiger partial charge in [-0.2, -0.15) is 5.26 Å². The molecule has 3 aromatic rings. The summed E-state index contributed by atoms with van der Waals surface area (Å²) in [6.45, 7) is 9.75. The number of anilines is 1. The summed E-state index contributed by atoms with van der Waals surface area (Å²) in [7, 11) is 1.72. The van der Waals surface area contributed by atoms with Gasteiger partial charge in [0.25, 0.3) is 5.56 Å². The van der Waals surface area contributed by atoms with E-state index in [0.29, 0.717) is 28.8 Å². The van der Waals surface area contributed by atoms with Gasteiger partial charge < -0.3 is 9.47 Å². The van der Waals surface area contributed by atoms with Gasteiger partial charge in [0.1, 0.15) is 23.1 Å². The molecular formula is C25H28FN5O. The van der Waals surface area contributed by atoms with Crippen molar-refractivity contribution in [1.82, 2.24) is 14.5 Å². The Hall–Kier alpha value is -3.24. The van der Waals surface area contributed by atoms with Crippen molar-refractivity contribution in [2.45, 2.75) is 45.8 Å². The highest BCUT2D eigenvalue weighted by atomic mass is 19.1. The van der Waals surface area contributed by atoms with Gasteiger partial charge in [-0.15, -0.1) is 0 Å². The van der Waals surface area contributed by atoms with Crippen LogP contribution in [-0.4, -0.2) is 39.6 Å². The number of pyridine rings is 2. The second-order valence-electron chi connectivity index (χ2n) is 8.83. The number of hydrogen-bond acceptors (Lipinski definition) is 5. The van der Waals surface area contributed by atoms with Crippen LogP contribution in [-0.2, 0) is 7.05 Å². The van der Waals surface area contributed by atoms with Crippen LogP contribution in [0.1, 0.15) is 43.6 Å². The molecule has 0 bridgehead atoms. The Morgan fingerprint density at radius 1 is 1.16 bits per heavy atom. The topological polar surface area (TPSA) is 65.2 Å². The van der Waals surface area contributed by atoms with Gasteiger partial charge in [0.05, 0.1) is 11.2 Å². The minimum absolute atomic E-state index is 0.101. The van der Waals surface area contributed by atoms with E-state index < -0.39 is 0 Å². The van der Waals surface area contributed by atoms with Crippen molar-refractivity contribution in [3.05, 3.63) is 69.4 Å². The van der Waals surface area contributed by atoms with Crippen molar-refractivity contribution in [3.63, 3.8) is 0 Å². The molecule has 3 atom stereocenters. The standard InChI is InChI=1S/C25H28FN5O/c1-15-10-19(6-8-21(15)26)18(4)30-13-17(3)31(14-16(30)2)23-11-24(32)29(5)22-9-7-20(12-27)28-25(22)23/h6-11,16-18H,13-14H2,1-5H3/t16-,17+,18?/m1/s1. The highest BCUT2D eigenvalue weighted by Crippen LogP contribution is 2.32. The lowest BCUT2D eigenvalue weighted by Gasteiger charge is -2.47. The second-order valence-corrected chi connectivity index (χ2v) is 8.83. The number of nitrogens with zero attached hydrogens (tertiary/aromatic N) is 5. The van der Waals surface area contributed by atoms with Gasteiger partial charge in [-0.3, -0.25) is 9.69 Å². The fourth-order valence-corrected chi connectivity index (χ4v) is 4.74. The zero-order valence-corrected chi connectivity index (χ0v) is 19.1. The molecule has 166 valence electrons. The van der Waals surface area contributed by atoms with Crippen LogP contribution in [0.5, 0.6) is 0 Å². The summed E-state index contributed by atoms with van der Waals surface area (Å²) >= 11 is 0. The summed E-state index contributed by atoms with van der Waals surface area (Å²) in [6, 6.07) is 12.9. The summed E-state index contributed by atoms with van der Waals surface area (Å²) < 4.78 is 15.3. The Balaban J connectivity index is 1.69. The zero-order chi connectivity index (χ0) is 23.2. The molecule has 1 aliphatic heterocycles. The summed E-state index contributed by atoms with van der Waals surface area (Å²) in [5.41, 5.74) is 4.12. The predicted octanol–water partition coefficient (Wildman–Crippen LogP) is 3.91. The molecule has 1 fully saturated rings. The van der Waals surface area contributed by atoms with Gasteiger partial charge in [-0.05, 0) is 57.0 Å². The Morgan fingerprint density at radius 3 is 2.59 bits per heavy atom. The number of halogens is 1. The molecule has 0 aliphatic carbocycles. The molecule has 1 unspecified atom stereocenters. The van der Waals surface area contributed by atoms with Crippen molar-refractivity contribution < 1.29 is 4.39 Å². The van der Waals surface area contributed by atoms with E-state index in [1.54, 1.807) is 36.7 Å². The molecule has 1 aliphatic rings. The Kier molecular flexibility index (Phi) is 5.74. The first-order valence-electron chi connectivity index (χ1n) is 10.9. The first kappa shape index (κ1) is 22.0. The molecule has 7 heteroatoms. The minimum Gasteiger partial charge on any atom is -0.364 e. The number of benzene rings is 1. The van der Waals surface area contributed by atoms with E-state index in [4.69, 9.17) is 0 Å². The lowest BCUT2D eigenvalue weighted by atomic mass is 9.99. The van der Waals surface area contributed by atoms with Crippen LogP contribution in [0, 0.1) is 24.1 Å². The highest BCUT2D eigenvalue weighted by molar-refractivity contribution is 5.89. The van der Waals surface area contributed by atoms with Gasteiger partial charge in [0.15, 0.2) is 0 Å². The number of fused-ring (bicyclic) bond motifs is 1. The molecular weight excluding hydrogens is 405 g/mol. The average Bonchev–Trinajstić information content (AvgIpc) is 2.78. The van der Waals surface area contributed by atoms with Crippen LogP contribution in [0.4, 0.5) is 10.1 Å². The zero-order valence-electron chi connectivity index (χ0n) is 19.1. The summed E-state index contributed by atoms with van der Waals surface area (Å²) in [6.07, 6.45) is 0. The van der Waals surface area contributed by atoms with E-state index in [0.717, 1.165) is 17.8 Å². The second kappa shape index (κ2) is 8.36. The number of piperazine rings is 1. The summed E-state index contributed by atoms with van der Waals surface area (Å²) in [5.74, 6) is -0.186. The minimum atomic E-state index is -0.186. The fourth-order valence-electron chi connectivity index (χ4n) is 4.74. The molecule has 3 heterocycles. The van der Waals surface area contributed by atoms with Crippen molar-refractivity contribution in [2.75, 3.05) is 18.0 Å². The molecule has 2 aromatic heterocycles. The number of aryl methyl sites for hydroxylation is 2. The fraction of sp³-hybridized carbons (Fsp3) is 0.400. The maximum absolute atomic E-state index is 13.8. The van der Waals surface area contributed by atoms with Gasteiger partial charge in [-0.25, -0.2) is 9.37 Å². The molecule has 1 aromatic carbocycles. The third-order valence-corrected chi connectivity index (χ3v) is 6.69. The SMILES string of the molecule is Cc1cc(C(C)N2C[C@H](C)N(c3cc(=O)n(C)c4ccc(C#N)nc34)C[C@H]2C)ccc1F. The number of hydrogen-bond donors (Lipinski definition) is 0. The summed E-state index contributed by atoms with van der Waals surface area (Å²) in [4.78, 5) is 21.8. The van der Waals surface area contributed by atoms with E-state index in [2.05, 4.69) is 41.6 Å². The van der Waals surface area contributed by atoms with Gasteiger partial charge in [0, 0.05) is 44.3 Å². The smallest absolute Gasteiger partial charge is 0.252 e. The lowest BCUT2D eigenvalue weighted by Crippen LogP contribution is -2.57. The molecule has 32 heavy (non-hydrogen) atoms. The highest BCUT2D eigenvalue weighted by Gasteiger charge is 2.33. The quantitative estimate of drug-likeness (QED) is 0.627.